The van der Waals surface area contributed by atoms with Crippen LogP contribution in [0, 0.1) is 11.3 Å². The molecule has 0 aliphatic heterocycles. The molecule has 0 saturated carbocycles. The Balaban J connectivity index is 2.99. The van der Waals surface area contributed by atoms with E-state index in [1.165, 1.54) is 30.8 Å². The standard InChI is InChI=1S/C14H22O2/c1-10-6-7-11(2)14(3,4)12(10)8-9-13(15)16-5/h8-9,11H,6-7H2,1-5H3. The summed E-state index contributed by atoms with van der Waals surface area (Å²) in [4.78, 5) is 11.1. The zero-order valence-corrected chi connectivity index (χ0v) is 11.0. The molecular formula is C14H22O2. The van der Waals surface area contributed by atoms with Gasteiger partial charge in [0.05, 0.1) is 7.11 Å². The summed E-state index contributed by atoms with van der Waals surface area (Å²) < 4.78 is 4.62. The van der Waals surface area contributed by atoms with Crippen molar-refractivity contribution in [1.82, 2.24) is 0 Å². The molecule has 16 heavy (non-hydrogen) atoms. The molecule has 0 aromatic heterocycles. The van der Waals surface area contributed by atoms with E-state index < -0.39 is 0 Å². The summed E-state index contributed by atoms with van der Waals surface area (Å²) in [5.74, 6) is 0.364. The van der Waals surface area contributed by atoms with Crippen LogP contribution in [-0.4, -0.2) is 13.1 Å². The number of ether oxygens (including phenoxy) is 1. The second kappa shape index (κ2) is 4.86. The van der Waals surface area contributed by atoms with Gasteiger partial charge in [-0.1, -0.05) is 32.4 Å². The van der Waals surface area contributed by atoms with Crippen molar-refractivity contribution in [3.63, 3.8) is 0 Å². The minimum atomic E-state index is -0.283. The minimum Gasteiger partial charge on any atom is -0.466 e. The van der Waals surface area contributed by atoms with Gasteiger partial charge in [0, 0.05) is 6.08 Å². The Morgan fingerprint density at radius 3 is 2.69 bits per heavy atom. The maximum Gasteiger partial charge on any atom is 0.330 e. The van der Waals surface area contributed by atoms with Crippen LogP contribution in [0.2, 0.25) is 0 Å². The van der Waals surface area contributed by atoms with Gasteiger partial charge in [-0.25, -0.2) is 4.79 Å². The Morgan fingerprint density at radius 2 is 2.12 bits per heavy atom. The largest absolute Gasteiger partial charge is 0.466 e. The van der Waals surface area contributed by atoms with Crippen molar-refractivity contribution in [1.29, 1.82) is 0 Å². The van der Waals surface area contributed by atoms with Gasteiger partial charge in [-0.3, -0.25) is 0 Å². The normalized spacial score (nSPS) is 24.9. The van der Waals surface area contributed by atoms with Crippen molar-refractivity contribution in [2.24, 2.45) is 11.3 Å². The van der Waals surface area contributed by atoms with E-state index in [0.717, 1.165) is 6.42 Å². The number of methoxy groups -OCH3 is 1. The van der Waals surface area contributed by atoms with E-state index in [1.807, 2.05) is 6.08 Å². The lowest BCUT2D eigenvalue weighted by molar-refractivity contribution is -0.134. The van der Waals surface area contributed by atoms with Crippen molar-refractivity contribution in [2.75, 3.05) is 7.11 Å². The molecule has 0 saturated heterocycles. The van der Waals surface area contributed by atoms with Crippen molar-refractivity contribution < 1.29 is 9.53 Å². The number of allylic oxidation sites excluding steroid dienone is 3. The molecule has 90 valence electrons. The molecule has 0 spiro atoms. The summed E-state index contributed by atoms with van der Waals surface area (Å²) in [7, 11) is 1.41. The van der Waals surface area contributed by atoms with Crippen molar-refractivity contribution in [3.05, 3.63) is 23.3 Å². The maximum absolute atomic E-state index is 11.1. The van der Waals surface area contributed by atoms with Crippen molar-refractivity contribution in [3.8, 4) is 0 Å². The molecule has 0 N–H and O–H groups in total. The SMILES string of the molecule is COC(=O)C=CC1=C(C)CCC(C)C1(C)C. The van der Waals surface area contributed by atoms with Gasteiger partial charge in [0.25, 0.3) is 0 Å². The Bertz CT molecular complexity index is 335. The third kappa shape index (κ3) is 2.55. The van der Waals surface area contributed by atoms with Gasteiger partial charge in [0.2, 0.25) is 0 Å². The summed E-state index contributed by atoms with van der Waals surface area (Å²) in [5.41, 5.74) is 2.83. The summed E-state index contributed by atoms with van der Waals surface area (Å²) in [6.45, 7) is 8.93. The van der Waals surface area contributed by atoms with Crippen LogP contribution in [0.4, 0.5) is 0 Å². The average molecular weight is 222 g/mol. The van der Waals surface area contributed by atoms with Crippen LogP contribution >= 0.6 is 0 Å². The lowest BCUT2D eigenvalue weighted by Gasteiger charge is -2.39. The molecule has 2 nitrogen and oxygen atoms in total. The molecular weight excluding hydrogens is 200 g/mol. The topological polar surface area (TPSA) is 26.3 Å². The quantitative estimate of drug-likeness (QED) is 0.528. The first-order valence-corrected chi connectivity index (χ1v) is 5.86. The van der Waals surface area contributed by atoms with E-state index in [-0.39, 0.29) is 11.4 Å². The number of esters is 1. The highest BCUT2D eigenvalue weighted by Gasteiger charge is 2.33. The number of hydrogen-bond acceptors (Lipinski definition) is 2. The average Bonchev–Trinajstić information content (AvgIpc) is 2.23. The highest BCUT2D eigenvalue weighted by molar-refractivity contribution is 5.82. The molecule has 2 heteroatoms. The lowest BCUT2D eigenvalue weighted by Crippen LogP contribution is -2.28. The number of carbonyl (C=O) groups excluding carboxylic acids is 1. The number of hydrogen-bond donors (Lipinski definition) is 0. The smallest absolute Gasteiger partial charge is 0.330 e. The third-order valence-corrected chi connectivity index (χ3v) is 3.93. The predicted octanol–water partition coefficient (Wildman–Crippen LogP) is 3.49. The molecule has 0 aromatic carbocycles. The fourth-order valence-electron chi connectivity index (χ4n) is 2.32. The fraction of sp³-hybridized carbons (Fsp3) is 0.643. The van der Waals surface area contributed by atoms with Crippen LogP contribution in [0.1, 0.15) is 40.5 Å². The van der Waals surface area contributed by atoms with Crippen molar-refractivity contribution >= 4 is 5.97 Å². The lowest BCUT2D eigenvalue weighted by atomic mass is 9.66. The van der Waals surface area contributed by atoms with Crippen LogP contribution in [0.3, 0.4) is 0 Å². The van der Waals surface area contributed by atoms with Gasteiger partial charge in [0.15, 0.2) is 0 Å². The van der Waals surface area contributed by atoms with Gasteiger partial charge in [0.1, 0.15) is 0 Å². The molecule has 1 unspecified atom stereocenters. The summed E-state index contributed by atoms with van der Waals surface area (Å²) >= 11 is 0. The van der Waals surface area contributed by atoms with Crippen LogP contribution in [0.15, 0.2) is 23.3 Å². The maximum atomic E-state index is 11.1. The van der Waals surface area contributed by atoms with E-state index in [2.05, 4.69) is 32.4 Å². The highest BCUT2D eigenvalue weighted by atomic mass is 16.5. The second-order valence-corrected chi connectivity index (χ2v) is 5.21. The molecule has 1 atom stereocenters. The van der Waals surface area contributed by atoms with Crippen LogP contribution in [0.5, 0.6) is 0 Å². The summed E-state index contributed by atoms with van der Waals surface area (Å²) in [5, 5.41) is 0. The second-order valence-electron chi connectivity index (χ2n) is 5.21. The summed E-state index contributed by atoms with van der Waals surface area (Å²) in [6, 6.07) is 0. The molecule has 0 aromatic rings. The Kier molecular flexibility index (Phi) is 3.95. The molecule has 1 aliphatic carbocycles. The molecule has 0 radical (unpaired) electrons. The number of rotatable bonds is 2. The summed E-state index contributed by atoms with van der Waals surface area (Å²) in [6.07, 6.45) is 5.81. The zero-order chi connectivity index (χ0) is 12.3. The molecule has 1 rings (SSSR count). The zero-order valence-electron chi connectivity index (χ0n) is 11.0. The molecule has 0 fully saturated rings. The monoisotopic (exact) mass is 222 g/mol. The third-order valence-electron chi connectivity index (χ3n) is 3.93. The Labute approximate surface area is 98.4 Å². The van der Waals surface area contributed by atoms with Gasteiger partial charge in [-0.15, -0.1) is 0 Å². The Morgan fingerprint density at radius 1 is 1.50 bits per heavy atom. The van der Waals surface area contributed by atoms with Gasteiger partial charge >= 0.3 is 5.97 Å². The molecule has 1 aliphatic rings. The van der Waals surface area contributed by atoms with Crippen LogP contribution in [-0.2, 0) is 9.53 Å². The first-order chi connectivity index (χ1) is 7.39. The predicted molar refractivity (Wildman–Crippen MR) is 66.0 cm³/mol. The van der Waals surface area contributed by atoms with Gasteiger partial charge in [-0.05, 0) is 36.7 Å². The van der Waals surface area contributed by atoms with Crippen molar-refractivity contribution in [2.45, 2.75) is 40.5 Å². The molecule has 0 amide bonds. The van der Waals surface area contributed by atoms with E-state index in [9.17, 15) is 4.79 Å². The van der Waals surface area contributed by atoms with E-state index in [4.69, 9.17) is 0 Å². The van der Waals surface area contributed by atoms with E-state index >= 15 is 0 Å². The molecule has 0 heterocycles. The first kappa shape index (κ1) is 13.0. The van der Waals surface area contributed by atoms with E-state index in [0.29, 0.717) is 5.92 Å². The molecule has 0 bridgehead atoms. The van der Waals surface area contributed by atoms with Gasteiger partial charge in [-0.2, -0.15) is 0 Å². The fourth-order valence-corrected chi connectivity index (χ4v) is 2.32. The first-order valence-electron chi connectivity index (χ1n) is 5.86. The van der Waals surface area contributed by atoms with Crippen LogP contribution < -0.4 is 0 Å². The Hall–Kier alpha value is -1.05. The minimum absolute atomic E-state index is 0.146. The van der Waals surface area contributed by atoms with Gasteiger partial charge < -0.3 is 4.74 Å². The van der Waals surface area contributed by atoms with E-state index in [1.54, 1.807) is 0 Å². The number of carbonyl (C=O) groups is 1. The highest BCUT2D eigenvalue weighted by Crippen LogP contribution is 2.44. The van der Waals surface area contributed by atoms with Crippen LogP contribution in [0.25, 0.3) is 0 Å².